The van der Waals surface area contributed by atoms with E-state index in [9.17, 15) is 4.79 Å². The predicted octanol–water partition coefficient (Wildman–Crippen LogP) is 2.07. The molecule has 0 aliphatic carbocycles. The summed E-state index contributed by atoms with van der Waals surface area (Å²) < 4.78 is 0. The first-order valence-electron chi connectivity index (χ1n) is 5.54. The van der Waals surface area contributed by atoms with Crippen molar-refractivity contribution >= 4 is 23.1 Å². The van der Waals surface area contributed by atoms with Crippen LogP contribution >= 0.6 is 11.3 Å². The van der Waals surface area contributed by atoms with Crippen molar-refractivity contribution in [1.82, 2.24) is 15.3 Å². The summed E-state index contributed by atoms with van der Waals surface area (Å²) in [7, 11) is 1.75. The standard InChI is InChI=1S/C12H14N4OS/c1-8(10-4-3-5-18-10)16-12(17)9-6-15-11(13-2)7-14-9/h3-8H,1-2H3,(H,13,15)(H,16,17). The highest BCUT2D eigenvalue weighted by Crippen LogP contribution is 2.18. The van der Waals surface area contributed by atoms with Crippen LogP contribution in [0.5, 0.6) is 0 Å². The van der Waals surface area contributed by atoms with Gasteiger partial charge in [-0.3, -0.25) is 4.79 Å². The molecule has 0 aromatic carbocycles. The Morgan fingerprint density at radius 2 is 2.22 bits per heavy atom. The number of hydrogen-bond donors (Lipinski definition) is 2. The predicted molar refractivity (Wildman–Crippen MR) is 71.8 cm³/mol. The van der Waals surface area contributed by atoms with Gasteiger partial charge in [-0.15, -0.1) is 11.3 Å². The third-order valence-corrected chi connectivity index (χ3v) is 3.51. The molecule has 0 saturated carbocycles. The molecule has 5 nitrogen and oxygen atoms in total. The number of nitrogens with zero attached hydrogens (tertiary/aromatic N) is 2. The average molecular weight is 262 g/mol. The summed E-state index contributed by atoms with van der Waals surface area (Å²) in [6.45, 7) is 1.94. The van der Waals surface area contributed by atoms with Gasteiger partial charge in [-0.2, -0.15) is 0 Å². The Labute approximate surface area is 109 Å². The quantitative estimate of drug-likeness (QED) is 0.885. The van der Waals surface area contributed by atoms with Gasteiger partial charge in [0.05, 0.1) is 18.4 Å². The molecule has 2 N–H and O–H groups in total. The van der Waals surface area contributed by atoms with Gasteiger partial charge in [-0.05, 0) is 18.4 Å². The average Bonchev–Trinajstić information content (AvgIpc) is 2.92. The van der Waals surface area contributed by atoms with Crippen molar-refractivity contribution in [3.63, 3.8) is 0 Å². The molecule has 0 bridgehead atoms. The van der Waals surface area contributed by atoms with Crippen LogP contribution in [0.2, 0.25) is 0 Å². The molecule has 1 amide bonds. The Morgan fingerprint density at radius 3 is 2.78 bits per heavy atom. The number of anilines is 1. The summed E-state index contributed by atoms with van der Waals surface area (Å²) in [6.07, 6.45) is 2.99. The first-order valence-corrected chi connectivity index (χ1v) is 6.42. The van der Waals surface area contributed by atoms with E-state index in [0.29, 0.717) is 11.5 Å². The molecule has 1 atom stereocenters. The van der Waals surface area contributed by atoms with Crippen LogP contribution in [0.4, 0.5) is 5.82 Å². The molecule has 1 unspecified atom stereocenters. The number of thiophene rings is 1. The van der Waals surface area contributed by atoms with E-state index in [1.165, 1.54) is 12.4 Å². The van der Waals surface area contributed by atoms with E-state index in [1.54, 1.807) is 18.4 Å². The minimum absolute atomic E-state index is 0.0247. The lowest BCUT2D eigenvalue weighted by atomic mass is 10.2. The second-order valence-corrected chi connectivity index (χ2v) is 4.73. The number of hydrogen-bond acceptors (Lipinski definition) is 5. The number of amides is 1. The minimum Gasteiger partial charge on any atom is -0.372 e. The molecule has 18 heavy (non-hydrogen) atoms. The molecule has 2 aromatic heterocycles. The van der Waals surface area contributed by atoms with E-state index in [4.69, 9.17) is 0 Å². The molecule has 2 aromatic rings. The molecule has 94 valence electrons. The van der Waals surface area contributed by atoms with E-state index in [-0.39, 0.29) is 11.9 Å². The van der Waals surface area contributed by atoms with Crippen molar-refractivity contribution in [3.8, 4) is 0 Å². The maximum absolute atomic E-state index is 11.9. The number of aromatic nitrogens is 2. The number of carbonyl (C=O) groups is 1. The highest BCUT2D eigenvalue weighted by atomic mass is 32.1. The van der Waals surface area contributed by atoms with Gasteiger partial charge in [0.2, 0.25) is 0 Å². The summed E-state index contributed by atoms with van der Waals surface area (Å²) in [5, 5.41) is 7.72. The molecule has 0 aliphatic heterocycles. The maximum atomic E-state index is 11.9. The lowest BCUT2D eigenvalue weighted by Gasteiger charge is -2.11. The van der Waals surface area contributed by atoms with Gasteiger partial charge in [0.1, 0.15) is 11.5 Å². The van der Waals surface area contributed by atoms with E-state index in [1.807, 2.05) is 24.4 Å². The zero-order chi connectivity index (χ0) is 13.0. The van der Waals surface area contributed by atoms with Gasteiger partial charge < -0.3 is 10.6 Å². The smallest absolute Gasteiger partial charge is 0.271 e. The molecular weight excluding hydrogens is 248 g/mol. The van der Waals surface area contributed by atoms with E-state index in [2.05, 4.69) is 20.6 Å². The summed E-state index contributed by atoms with van der Waals surface area (Å²) in [4.78, 5) is 21.1. The normalized spacial score (nSPS) is 11.9. The van der Waals surface area contributed by atoms with Gasteiger partial charge in [0.25, 0.3) is 5.91 Å². The van der Waals surface area contributed by atoms with Crippen molar-refractivity contribution < 1.29 is 4.79 Å². The van der Waals surface area contributed by atoms with Gasteiger partial charge in [-0.25, -0.2) is 9.97 Å². The Kier molecular flexibility index (Phi) is 3.88. The summed E-state index contributed by atoms with van der Waals surface area (Å²) in [6, 6.07) is 3.93. The zero-order valence-electron chi connectivity index (χ0n) is 10.2. The summed E-state index contributed by atoms with van der Waals surface area (Å²) >= 11 is 1.61. The lowest BCUT2D eigenvalue weighted by Crippen LogP contribution is -2.27. The van der Waals surface area contributed by atoms with Gasteiger partial charge in [0, 0.05) is 11.9 Å². The third-order valence-electron chi connectivity index (χ3n) is 2.46. The summed E-state index contributed by atoms with van der Waals surface area (Å²) in [5.41, 5.74) is 0.317. The number of carbonyl (C=O) groups excluding carboxylic acids is 1. The maximum Gasteiger partial charge on any atom is 0.271 e. The molecule has 0 spiro atoms. The van der Waals surface area contributed by atoms with Crippen LogP contribution in [-0.4, -0.2) is 22.9 Å². The van der Waals surface area contributed by atoms with Crippen LogP contribution in [-0.2, 0) is 0 Å². The second kappa shape index (κ2) is 5.59. The fraction of sp³-hybridized carbons (Fsp3) is 0.250. The van der Waals surface area contributed by atoms with Crippen molar-refractivity contribution in [2.24, 2.45) is 0 Å². The van der Waals surface area contributed by atoms with Crippen molar-refractivity contribution in [1.29, 1.82) is 0 Å². The number of rotatable bonds is 4. The van der Waals surface area contributed by atoms with Gasteiger partial charge in [0.15, 0.2) is 0 Å². The fourth-order valence-corrected chi connectivity index (χ4v) is 2.19. The van der Waals surface area contributed by atoms with Crippen LogP contribution in [0.25, 0.3) is 0 Å². The zero-order valence-corrected chi connectivity index (χ0v) is 11.0. The lowest BCUT2D eigenvalue weighted by molar-refractivity contribution is 0.0935. The molecule has 2 rings (SSSR count). The van der Waals surface area contributed by atoms with E-state index in [0.717, 1.165) is 4.88 Å². The Bertz CT molecular complexity index is 509. The molecule has 2 heterocycles. The minimum atomic E-state index is -0.217. The van der Waals surface area contributed by atoms with Crippen LogP contribution in [0.15, 0.2) is 29.9 Å². The Hall–Kier alpha value is -1.95. The van der Waals surface area contributed by atoms with Crippen LogP contribution in [0.1, 0.15) is 28.3 Å². The second-order valence-electron chi connectivity index (χ2n) is 3.75. The van der Waals surface area contributed by atoms with E-state index < -0.39 is 0 Å². The molecule has 0 saturated heterocycles. The van der Waals surface area contributed by atoms with E-state index >= 15 is 0 Å². The molecule has 6 heteroatoms. The highest BCUT2D eigenvalue weighted by molar-refractivity contribution is 7.10. The SMILES string of the molecule is CNc1cnc(C(=O)NC(C)c2cccs2)cn1. The molecule has 0 fully saturated rings. The molecular formula is C12H14N4OS. The third kappa shape index (κ3) is 2.84. The highest BCUT2D eigenvalue weighted by Gasteiger charge is 2.13. The Balaban J connectivity index is 2.03. The largest absolute Gasteiger partial charge is 0.372 e. The van der Waals surface area contributed by atoms with Gasteiger partial charge in [-0.1, -0.05) is 6.07 Å². The van der Waals surface area contributed by atoms with Crippen molar-refractivity contribution in [3.05, 3.63) is 40.5 Å². The fourth-order valence-electron chi connectivity index (χ4n) is 1.45. The number of nitrogens with one attached hydrogen (secondary N) is 2. The Morgan fingerprint density at radius 1 is 1.39 bits per heavy atom. The van der Waals surface area contributed by atoms with Crippen LogP contribution < -0.4 is 10.6 Å². The van der Waals surface area contributed by atoms with Crippen molar-refractivity contribution in [2.45, 2.75) is 13.0 Å². The first kappa shape index (κ1) is 12.5. The van der Waals surface area contributed by atoms with Crippen LogP contribution in [0, 0.1) is 0 Å². The monoisotopic (exact) mass is 262 g/mol. The first-order chi connectivity index (χ1) is 8.70. The topological polar surface area (TPSA) is 66.9 Å². The molecule has 0 radical (unpaired) electrons. The molecule has 0 aliphatic rings. The van der Waals surface area contributed by atoms with Gasteiger partial charge >= 0.3 is 0 Å². The van der Waals surface area contributed by atoms with Crippen molar-refractivity contribution in [2.75, 3.05) is 12.4 Å². The summed E-state index contributed by atoms with van der Waals surface area (Å²) in [5.74, 6) is 0.420. The van der Waals surface area contributed by atoms with Crippen LogP contribution in [0.3, 0.4) is 0 Å².